The Kier molecular flexibility index (Phi) is 4.36. The highest BCUT2D eigenvalue weighted by Crippen LogP contribution is 2.40. The van der Waals surface area contributed by atoms with E-state index in [9.17, 15) is 0 Å². The fourth-order valence-corrected chi connectivity index (χ4v) is 3.66. The van der Waals surface area contributed by atoms with Gasteiger partial charge in [-0.15, -0.1) is 0 Å². The number of ether oxygens (including phenoxy) is 1. The minimum Gasteiger partial charge on any atom is -0.495 e. The lowest BCUT2D eigenvalue weighted by Gasteiger charge is -2.13. The van der Waals surface area contributed by atoms with Gasteiger partial charge in [0.1, 0.15) is 5.75 Å². The highest BCUT2D eigenvalue weighted by molar-refractivity contribution is 9.09. The van der Waals surface area contributed by atoms with E-state index in [4.69, 9.17) is 27.9 Å². The molecule has 0 saturated carbocycles. The van der Waals surface area contributed by atoms with Crippen molar-refractivity contribution < 1.29 is 4.74 Å². The van der Waals surface area contributed by atoms with Crippen molar-refractivity contribution in [3.05, 3.63) is 50.1 Å². The zero-order valence-electron chi connectivity index (χ0n) is 8.91. The van der Waals surface area contributed by atoms with E-state index in [0.29, 0.717) is 15.8 Å². The van der Waals surface area contributed by atoms with Crippen LogP contribution in [0.25, 0.3) is 0 Å². The Morgan fingerprint density at radius 3 is 2.65 bits per heavy atom. The van der Waals surface area contributed by atoms with E-state index in [-0.39, 0.29) is 4.83 Å². The Balaban J connectivity index is 2.42. The summed E-state index contributed by atoms with van der Waals surface area (Å²) in [4.78, 5) is 0.0460. The van der Waals surface area contributed by atoms with E-state index in [1.165, 1.54) is 0 Å². The van der Waals surface area contributed by atoms with Crippen LogP contribution in [-0.4, -0.2) is 7.11 Å². The second kappa shape index (κ2) is 5.61. The first-order valence-electron chi connectivity index (χ1n) is 4.82. The molecule has 2 rings (SSSR count). The molecule has 0 saturated heterocycles. The van der Waals surface area contributed by atoms with Crippen molar-refractivity contribution in [1.82, 2.24) is 0 Å². The van der Waals surface area contributed by atoms with E-state index in [1.807, 2.05) is 11.4 Å². The number of benzene rings is 1. The highest BCUT2D eigenvalue weighted by Gasteiger charge is 2.16. The lowest BCUT2D eigenvalue weighted by Crippen LogP contribution is -1.94. The number of rotatable bonds is 3. The number of hydrogen-bond donors (Lipinski definition) is 0. The van der Waals surface area contributed by atoms with Crippen LogP contribution in [0.2, 0.25) is 10.0 Å². The van der Waals surface area contributed by atoms with Crippen molar-refractivity contribution in [2.24, 2.45) is 0 Å². The van der Waals surface area contributed by atoms with E-state index in [2.05, 4.69) is 27.4 Å². The van der Waals surface area contributed by atoms with Gasteiger partial charge < -0.3 is 4.74 Å². The predicted molar refractivity (Wildman–Crippen MR) is 78.1 cm³/mol. The molecular formula is C12H9BrCl2OS. The summed E-state index contributed by atoms with van der Waals surface area (Å²) in [5, 5.41) is 5.31. The molecule has 1 atom stereocenters. The average Bonchev–Trinajstić information content (AvgIpc) is 2.84. The molecule has 0 aliphatic carbocycles. The minimum absolute atomic E-state index is 0.0460. The van der Waals surface area contributed by atoms with Gasteiger partial charge in [-0.1, -0.05) is 39.1 Å². The van der Waals surface area contributed by atoms with Crippen LogP contribution in [-0.2, 0) is 0 Å². The van der Waals surface area contributed by atoms with Gasteiger partial charge in [-0.2, -0.15) is 11.3 Å². The zero-order chi connectivity index (χ0) is 12.4. The number of hydrogen-bond acceptors (Lipinski definition) is 2. The van der Waals surface area contributed by atoms with Crippen molar-refractivity contribution in [2.45, 2.75) is 4.83 Å². The summed E-state index contributed by atoms with van der Waals surface area (Å²) in [6, 6.07) is 5.62. The lowest BCUT2D eigenvalue weighted by molar-refractivity contribution is 0.415. The molecular weight excluding hydrogens is 343 g/mol. The van der Waals surface area contributed by atoms with Crippen LogP contribution in [0.4, 0.5) is 0 Å². The molecule has 1 aromatic carbocycles. The molecule has 17 heavy (non-hydrogen) atoms. The lowest BCUT2D eigenvalue weighted by atomic mass is 10.1. The molecule has 1 unspecified atom stereocenters. The molecule has 1 heterocycles. The molecule has 2 aromatic rings. The van der Waals surface area contributed by atoms with E-state index in [1.54, 1.807) is 24.5 Å². The van der Waals surface area contributed by atoms with Gasteiger partial charge in [0.15, 0.2) is 0 Å². The SMILES string of the molecule is COc1cc(Cl)c(C(Br)c2ccsc2)cc1Cl. The van der Waals surface area contributed by atoms with Crippen LogP contribution in [0, 0.1) is 0 Å². The fourth-order valence-electron chi connectivity index (χ4n) is 1.49. The molecule has 0 aliphatic rings. The molecule has 0 aliphatic heterocycles. The first-order valence-corrected chi connectivity index (χ1v) is 7.44. The largest absolute Gasteiger partial charge is 0.495 e. The molecule has 0 amide bonds. The van der Waals surface area contributed by atoms with Crippen LogP contribution in [0.15, 0.2) is 29.0 Å². The molecule has 1 nitrogen and oxygen atoms in total. The number of halogens is 3. The summed E-state index contributed by atoms with van der Waals surface area (Å²) < 4.78 is 5.12. The summed E-state index contributed by atoms with van der Waals surface area (Å²) in [6.45, 7) is 0. The Morgan fingerprint density at radius 2 is 2.06 bits per heavy atom. The van der Waals surface area contributed by atoms with Gasteiger partial charge >= 0.3 is 0 Å². The van der Waals surface area contributed by atoms with E-state index in [0.717, 1.165) is 11.1 Å². The zero-order valence-corrected chi connectivity index (χ0v) is 12.8. The van der Waals surface area contributed by atoms with Gasteiger partial charge in [-0.05, 0) is 34.0 Å². The minimum atomic E-state index is 0.0460. The van der Waals surface area contributed by atoms with Crippen LogP contribution >= 0.6 is 50.5 Å². The second-order valence-corrected chi connectivity index (χ2v) is 5.94. The van der Waals surface area contributed by atoms with Crippen molar-refractivity contribution in [3.63, 3.8) is 0 Å². The number of alkyl halides is 1. The molecule has 90 valence electrons. The predicted octanol–water partition coefficient (Wildman–Crippen LogP) is 5.55. The van der Waals surface area contributed by atoms with E-state index >= 15 is 0 Å². The smallest absolute Gasteiger partial charge is 0.138 e. The normalized spacial score (nSPS) is 12.5. The maximum Gasteiger partial charge on any atom is 0.138 e. The second-order valence-electron chi connectivity index (χ2n) is 3.43. The Hall–Kier alpha value is -0.220. The first-order chi connectivity index (χ1) is 8.13. The average molecular weight is 352 g/mol. The summed E-state index contributed by atoms with van der Waals surface area (Å²) >= 11 is 17.6. The highest BCUT2D eigenvalue weighted by atomic mass is 79.9. The van der Waals surface area contributed by atoms with E-state index < -0.39 is 0 Å². The summed E-state index contributed by atoms with van der Waals surface area (Å²) in [6.07, 6.45) is 0. The number of methoxy groups -OCH3 is 1. The molecule has 0 radical (unpaired) electrons. The van der Waals surface area contributed by atoms with Crippen molar-refractivity contribution in [2.75, 3.05) is 7.11 Å². The Bertz CT molecular complexity index is 513. The molecule has 0 spiro atoms. The molecule has 0 bridgehead atoms. The summed E-state index contributed by atoms with van der Waals surface area (Å²) in [7, 11) is 1.57. The summed E-state index contributed by atoms with van der Waals surface area (Å²) in [5.74, 6) is 0.588. The third-order valence-electron chi connectivity index (χ3n) is 2.38. The van der Waals surface area contributed by atoms with Crippen LogP contribution in [0.3, 0.4) is 0 Å². The summed E-state index contributed by atoms with van der Waals surface area (Å²) in [5.41, 5.74) is 2.11. The third kappa shape index (κ3) is 2.79. The van der Waals surface area contributed by atoms with Crippen molar-refractivity contribution in [1.29, 1.82) is 0 Å². The molecule has 0 N–H and O–H groups in total. The Morgan fingerprint density at radius 1 is 1.29 bits per heavy atom. The monoisotopic (exact) mass is 350 g/mol. The van der Waals surface area contributed by atoms with Gasteiger partial charge in [0.2, 0.25) is 0 Å². The van der Waals surface area contributed by atoms with Gasteiger partial charge in [0.25, 0.3) is 0 Å². The maximum atomic E-state index is 6.23. The third-order valence-corrected chi connectivity index (χ3v) is 4.73. The maximum absolute atomic E-state index is 6.23. The van der Waals surface area contributed by atoms with Crippen LogP contribution < -0.4 is 4.74 Å². The van der Waals surface area contributed by atoms with Gasteiger partial charge in [0.05, 0.1) is 17.0 Å². The molecule has 5 heteroatoms. The standard InChI is InChI=1S/C12H9BrCl2OS/c1-16-11-5-9(14)8(4-10(11)15)12(13)7-2-3-17-6-7/h2-6,12H,1H3. The fraction of sp³-hybridized carbons (Fsp3) is 0.167. The Labute approximate surface area is 122 Å². The first kappa shape index (κ1) is 13.2. The van der Waals surface area contributed by atoms with Crippen LogP contribution in [0.5, 0.6) is 5.75 Å². The van der Waals surface area contributed by atoms with Crippen molar-refractivity contribution >= 4 is 50.5 Å². The quantitative estimate of drug-likeness (QED) is 0.659. The van der Waals surface area contributed by atoms with Crippen LogP contribution in [0.1, 0.15) is 16.0 Å². The van der Waals surface area contributed by atoms with Gasteiger partial charge in [-0.3, -0.25) is 0 Å². The molecule has 1 aromatic heterocycles. The topological polar surface area (TPSA) is 9.23 Å². The van der Waals surface area contributed by atoms with Gasteiger partial charge in [0, 0.05) is 11.1 Å². The van der Waals surface area contributed by atoms with Gasteiger partial charge in [-0.25, -0.2) is 0 Å². The van der Waals surface area contributed by atoms with Crippen molar-refractivity contribution in [3.8, 4) is 5.75 Å². The molecule has 0 fully saturated rings. The number of thiophene rings is 1.